The van der Waals surface area contributed by atoms with Crippen molar-refractivity contribution in [3.63, 3.8) is 0 Å². The topological polar surface area (TPSA) is 29.5 Å². The number of aliphatic hydroxyl groups excluding tert-OH is 1. The first-order valence-corrected chi connectivity index (χ1v) is 4.67. The number of hydrogen-bond donors (Lipinski definition) is 1. The largest absolute Gasteiger partial charge is 0.396 e. The van der Waals surface area contributed by atoms with E-state index in [0.29, 0.717) is 5.92 Å². The van der Waals surface area contributed by atoms with E-state index < -0.39 is 0 Å². The van der Waals surface area contributed by atoms with Gasteiger partial charge < -0.3 is 9.84 Å². The molecule has 1 aromatic carbocycles. The van der Waals surface area contributed by atoms with Crippen LogP contribution >= 0.6 is 0 Å². The van der Waals surface area contributed by atoms with Gasteiger partial charge in [0.05, 0.1) is 13.2 Å². The zero-order chi connectivity index (χ0) is 9.10. The minimum Gasteiger partial charge on any atom is -0.396 e. The van der Waals surface area contributed by atoms with Crippen molar-refractivity contribution < 1.29 is 9.84 Å². The predicted molar refractivity (Wildman–Crippen MR) is 50.8 cm³/mol. The molecule has 0 aromatic heterocycles. The highest BCUT2D eigenvalue weighted by molar-refractivity contribution is 5.26. The Morgan fingerprint density at radius 3 is 2.38 bits per heavy atom. The molecule has 1 N–H and O–H groups in total. The zero-order valence-corrected chi connectivity index (χ0v) is 7.57. The van der Waals surface area contributed by atoms with Crippen LogP contribution in [0.15, 0.2) is 24.3 Å². The normalized spacial score (nSPS) is 17.0. The third kappa shape index (κ3) is 1.90. The molecule has 1 saturated heterocycles. The second-order valence-corrected chi connectivity index (χ2v) is 3.45. The SMILES string of the molecule is OCCc1ccc(C2COC2)cc1. The van der Waals surface area contributed by atoms with Gasteiger partial charge in [-0.05, 0) is 17.5 Å². The highest BCUT2D eigenvalue weighted by Gasteiger charge is 2.19. The van der Waals surface area contributed by atoms with Gasteiger partial charge in [-0.15, -0.1) is 0 Å². The van der Waals surface area contributed by atoms with Gasteiger partial charge in [0.25, 0.3) is 0 Å². The van der Waals surface area contributed by atoms with Crippen LogP contribution in [-0.4, -0.2) is 24.9 Å². The maximum absolute atomic E-state index is 8.74. The Morgan fingerprint density at radius 2 is 1.92 bits per heavy atom. The van der Waals surface area contributed by atoms with E-state index in [0.717, 1.165) is 19.6 Å². The monoisotopic (exact) mass is 178 g/mol. The molecule has 13 heavy (non-hydrogen) atoms. The van der Waals surface area contributed by atoms with Crippen LogP contribution in [0.25, 0.3) is 0 Å². The molecule has 1 aliphatic rings. The molecular formula is C11H14O2. The Hall–Kier alpha value is -0.860. The Bertz CT molecular complexity index is 262. The lowest BCUT2D eigenvalue weighted by Crippen LogP contribution is -2.24. The van der Waals surface area contributed by atoms with Crippen LogP contribution in [0.4, 0.5) is 0 Å². The first-order chi connectivity index (χ1) is 6.40. The summed E-state index contributed by atoms with van der Waals surface area (Å²) in [5.41, 5.74) is 2.56. The van der Waals surface area contributed by atoms with Crippen LogP contribution in [0.3, 0.4) is 0 Å². The molecule has 0 aliphatic carbocycles. The van der Waals surface area contributed by atoms with Gasteiger partial charge in [0.15, 0.2) is 0 Å². The third-order valence-electron chi connectivity index (χ3n) is 2.49. The molecule has 1 fully saturated rings. The van der Waals surface area contributed by atoms with Gasteiger partial charge in [0, 0.05) is 12.5 Å². The van der Waals surface area contributed by atoms with E-state index in [9.17, 15) is 0 Å². The summed E-state index contributed by atoms with van der Waals surface area (Å²) in [6.07, 6.45) is 0.751. The minimum absolute atomic E-state index is 0.228. The molecule has 2 rings (SSSR count). The van der Waals surface area contributed by atoms with E-state index in [-0.39, 0.29) is 6.61 Å². The van der Waals surface area contributed by atoms with Gasteiger partial charge in [0.1, 0.15) is 0 Å². The van der Waals surface area contributed by atoms with E-state index in [4.69, 9.17) is 9.84 Å². The molecule has 0 radical (unpaired) electrons. The van der Waals surface area contributed by atoms with Gasteiger partial charge in [-0.2, -0.15) is 0 Å². The van der Waals surface area contributed by atoms with Crippen molar-refractivity contribution >= 4 is 0 Å². The summed E-state index contributed by atoms with van der Waals surface area (Å²) in [5.74, 6) is 0.600. The highest BCUT2D eigenvalue weighted by Crippen LogP contribution is 2.23. The van der Waals surface area contributed by atoms with Gasteiger partial charge >= 0.3 is 0 Å². The lowest BCUT2D eigenvalue weighted by molar-refractivity contribution is 0.00841. The van der Waals surface area contributed by atoms with E-state index in [1.165, 1.54) is 11.1 Å². The Kier molecular flexibility index (Phi) is 2.62. The van der Waals surface area contributed by atoms with Crippen LogP contribution < -0.4 is 0 Å². The number of ether oxygens (including phenoxy) is 1. The first kappa shape index (κ1) is 8.73. The van der Waals surface area contributed by atoms with Crippen molar-refractivity contribution in [1.29, 1.82) is 0 Å². The predicted octanol–water partition coefficient (Wildman–Crippen LogP) is 1.34. The molecule has 2 heteroatoms. The Morgan fingerprint density at radius 1 is 1.23 bits per heavy atom. The first-order valence-electron chi connectivity index (χ1n) is 4.67. The molecule has 0 saturated carbocycles. The van der Waals surface area contributed by atoms with Crippen LogP contribution in [0.1, 0.15) is 17.0 Å². The maximum Gasteiger partial charge on any atom is 0.0557 e. The summed E-state index contributed by atoms with van der Waals surface area (Å²) < 4.78 is 5.13. The van der Waals surface area contributed by atoms with Crippen molar-refractivity contribution in [2.24, 2.45) is 0 Å². The van der Waals surface area contributed by atoms with Crippen LogP contribution in [0.2, 0.25) is 0 Å². The molecule has 1 aliphatic heterocycles. The number of hydrogen-bond acceptors (Lipinski definition) is 2. The van der Waals surface area contributed by atoms with Crippen LogP contribution in [-0.2, 0) is 11.2 Å². The highest BCUT2D eigenvalue weighted by atomic mass is 16.5. The van der Waals surface area contributed by atoms with Crippen molar-refractivity contribution in [3.8, 4) is 0 Å². The standard InChI is InChI=1S/C11H14O2/c12-6-5-9-1-3-10(4-2-9)11-7-13-8-11/h1-4,11-12H,5-8H2. The summed E-state index contributed by atoms with van der Waals surface area (Å²) in [6, 6.07) is 8.45. The fourth-order valence-electron chi connectivity index (χ4n) is 1.51. The fourth-order valence-corrected chi connectivity index (χ4v) is 1.51. The fraction of sp³-hybridized carbons (Fsp3) is 0.455. The molecule has 0 unspecified atom stereocenters. The van der Waals surface area contributed by atoms with E-state index >= 15 is 0 Å². The number of rotatable bonds is 3. The van der Waals surface area contributed by atoms with E-state index in [1.807, 2.05) is 0 Å². The van der Waals surface area contributed by atoms with E-state index in [1.54, 1.807) is 0 Å². The van der Waals surface area contributed by atoms with Crippen molar-refractivity contribution in [2.75, 3.05) is 19.8 Å². The number of aliphatic hydroxyl groups is 1. The number of benzene rings is 1. The molecule has 1 aromatic rings. The molecule has 1 heterocycles. The summed E-state index contributed by atoms with van der Waals surface area (Å²) in [4.78, 5) is 0. The molecular weight excluding hydrogens is 164 g/mol. The molecule has 0 bridgehead atoms. The summed E-state index contributed by atoms with van der Waals surface area (Å²) >= 11 is 0. The second kappa shape index (κ2) is 3.90. The maximum atomic E-state index is 8.74. The quantitative estimate of drug-likeness (QED) is 0.756. The zero-order valence-electron chi connectivity index (χ0n) is 7.57. The van der Waals surface area contributed by atoms with Crippen LogP contribution in [0, 0.1) is 0 Å². The Labute approximate surface area is 78.2 Å². The van der Waals surface area contributed by atoms with Crippen molar-refractivity contribution in [1.82, 2.24) is 0 Å². The average Bonchev–Trinajstić information content (AvgIpc) is 2.06. The lowest BCUT2D eigenvalue weighted by atomic mass is 9.96. The van der Waals surface area contributed by atoms with Crippen molar-refractivity contribution in [2.45, 2.75) is 12.3 Å². The molecule has 0 amide bonds. The minimum atomic E-state index is 0.228. The smallest absolute Gasteiger partial charge is 0.0557 e. The molecule has 2 nitrogen and oxygen atoms in total. The molecule has 70 valence electrons. The van der Waals surface area contributed by atoms with Gasteiger partial charge in [0.2, 0.25) is 0 Å². The average molecular weight is 178 g/mol. The third-order valence-corrected chi connectivity index (χ3v) is 2.49. The molecule has 0 atom stereocenters. The van der Waals surface area contributed by atoms with Crippen LogP contribution in [0.5, 0.6) is 0 Å². The van der Waals surface area contributed by atoms with Gasteiger partial charge in [-0.1, -0.05) is 24.3 Å². The second-order valence-electron chi connectivity index (χ2n) is 3.45. The lowest BCUT2D eigenvalue weighted by Gasteiger charge is -2.26. The Balaban J connectivity index is 2.04. The molecule has 0 spiro atoms. The van der Waals surface area contributed by atoms with Gasteiger partial charge in [-0.3, -0.25) is 0 Å². The van der Waals surface area contributed by atoms with Crippen molar-refractivity contribution in [3.05, 3.63) is 35.4 Å². The van der Waals surface area contributed by atoms with Gasteiger partial charge in [-0.25, -0.2) is 0 Å². The summed E-state index contributed by atoms with van der Waals surface area (Å²) in [5, 5.41) is 8.74. The summed E-state index contributed by atoms with van der Waals surface area (Å²) in [7, 11) is 0. The summed E-state index contributed by atoms with van der Waals surface area (Å²) in [6.45, 7) is 1.95. The van der Waals surface area contributed by atoms with E-state index in [2.05, 4.69) is 24.3 Å².